The molecule has 0 fully saturated rings. The van der Waals surface area contributed by atoms with Gasteiger partial charge in [-0.05, 0) is 26.0 Å². The molecule has 0 saturated carbocycles. The molecule has 0 radical (unpaired) electrons. The second kappa shape index (κ2) is 8.35. The van der Waals surface area contributed by atoms with E-state index in [4.69, 9.17) is 9.15 Å². The molecule has 0 atom stereocenters. The molecule has 0 saturated heterocycles. The predicted octanol–water partition coefficient (Wildman–Crippen LogP) is 2.41. The lowest BCUT2D eigenvalue weighted by atomic mass is 10.1. The zero-order chi connectivity index (χ0) is 14.3. The molecule has 0 aliphatic rings. The maximum Gasteiger partial charge on any atom is 0.118 e. The van der Waals surface area contributed by atoms with Crippen LogP contribution in [-0.4, -0.2) is 38.8 Å². The van der Waals surface area contributed by atoms with Crippen LogP contribution < -0.4 is 5.32 Å². The number of hydrogen-bond donors (Lipinski definition) is 1. The molecule has 1 N–H and O–H groups in total. The van der Waals surface area contributed by atoms with Crippen LogP contribution in [0.1, 0.15) is 30.9 Å². The summed E-state index contributed by atoms with van der Waals surface area (Å²) < 4.78 is 10.9. The smallest absolute Gasteiger partial charge is 0.118 e. The fourth-order valence-electron chi connectivity index (χ4n) is 2.22. The minimum absolute atomic E-state index is 0.654. The Bertz CT molecular complexity index is 361. The number of ether oxygens (including phenoxy) is 1. The van der Waals surface area contributed by atoms with E-state index in [2.05, 4.69) is 30.1 Å². The molecular formula is C15H28N2O2. The van der Waals surface area contributed by atoms with Gasteiger partial charge in [-0.2, -0.15) is 0 Å². The summed E-state index contributed by atoms with van der Waals surface area (Å²) in [4.78, 5) is 2.43. The van der Waals surface area contributed by atoms with E-state index >= 15 is 0 Å². The Morgan fingerprint density at radius 3 is 2.74 bits per heavy atom. The van der Waals surface area contributed by atoms with Crippen molar-refractivity contribution in [1.29, 1.82) is 0 Å². The molecule has 0 aliphatic carbocycles. The van der Waals surface area contributed by atoms with Crippen molar-refractivity contribution in [3.05, 3.63) is 23.2 Å². The molecule has 4 heteroatoms. The van der Waals surface area contributed by atoms with Crippen LogP contribution >= 0.6 is 0 Å². The van der Waals surface area contributed by atoms with Gasteiger partial charge in [0.25, 0.3) is 0 Å². The summed E-state index contributed by atoms with van der Waals surface area (Å²) in [6.07, 6.45) is 0. The molecule has 1 heterocycles. The van der Waals surface area contributed by atoms with Crippen LogP contribution in [0.3, 0.4) is 0 Å². The minimum Gasteiger partial charge on any atom is -0.465 e. The average molecular weight is 268 g/mol. The van der Waals surface area contributed by atoms with Crippen molar-refractivity contribution < 1.29 is 9.15 Å². The highest BCUT2D eigenvalue weighted by molar-refractivity contribution is 5.20. The van der Waals surface area contributed by atoms with Gasteiger partial charge in [0.2, 0.25) is 0 Å². The van der Waals surface area contributed by atoms with Gasteiger partial charge in [-0.1, -0.05) is 13.8 Å². The highest BCUT2D eigenvalue weighted by Gasteiger charge is 2.13. The van der Waals surface area contributed by atoms with Crippen molar-refractivity contribution in [3.8, 4) is 0 Å². The fourth-order valence-corrected chi connectivity index (χ4v) is 2.22. The number of furan rings is 1. The molecule has 1 aromatic rings. The average Bonchev–Trinajstić information content (AvgIpc) is 2.66. The van der Waals surface area contributed by atoms with Gasteiger partial charge in [-0.15, -0.1) is 0 Å². The van der Waals surface area contributed by atoms with Crippen LogP contribution in [0.25, 0.3) is 0 Å². The Kier molecular flexibility index (Phi) is 7.13. The van der Waals surface area contributed by atoms with E-state index < -0.39 is 0 Å². The predicted molar refractivity (Wildman–Crippen MR) is 78.2 cm³/mol. The van der Waals surface area contributed by atoms with Crippen molar-refractivity contribution in [2.45, 2.75) is 33.9 Å². The lowest BCUT2D eigenvalue weighted by Crippen LogP contribution is -2.30. The van der Waals surface area contributed by atoms with Crippen molar-refractivity contribution >= 4 is 0 Å². The normalized spacial score (nSPS) is 11.7. The number of nitrogens with zero attached hydrogens (tertiary/aromatic N) is 1. The number of methoxy groups -OCH3 is 1. The summed E-state index contributed by atoms with van der Waals surface area (Å²) in [5, 5.41) is 3.12. The third-order valence-corrected chi connectivity index (χ3v) is 3.05. The van der Waals surface area contributed by atoms with Crippen LogP contribution in [0.5, 0.6) is 0 Å². The van der Waals surface area contributed by atoms with Gasteiger partial charge in [0.1, 0.15) is 11.5 Å². The number of hydrogen-bond acceptors (Lipinski definition) is 4. The minimum atomic E-state index is 0.654. The molecule has 4 nitrogen and oxygen atoms in total. The largest absolute Gasteiger partial charge is 0.465 e. The molecule has 0 spiro atoms. The van der Waals surface area contributed by atoms with E-state index in [1.165, 1.54) is 5.56 Å². The first-order valence-electron chi connectivity index (χ1n) is 7.00. The SMILES string of the molecule is CNCc1cc(CN(CCOC)CC(C)C)c(C)o1. The molecule has 1 aromatic heterocycles. The van der Waals surface area contributed by atoms with Crippen molar-refractivity contribution in [2.24, 2.45) is 5.92 Å². The van der Waals surface area contributed by atoms with E-state index in [0.29, 0.717) is 5.92 Å². The zero-order valence-corrected chi connectivity index (χ0v) is 13.0. The van der Waals surface area contributed by atoms with Crippen LogP contribution in [0.2, 0.25) is 0 Å². The van der Waals surface area contributed by atoms with Gasteiger partial charge in [-0.25, -0.2) is 0 Å². The Labute approximate surface area is 117 Å². The molecule has 0 bridgehead atoms. The number of aryl methyl sites for hydroxylation is 1. The molecule has 1 rings (SSSR count). The summed E-state index contributed by atoms with van der Waals surface area (Å²) in [7, 11) is 3.68. The number of nitrogens with one attached hydrogen (secondary N) is 1. The zero-order valence-electron chi connectivity index (χ0n) is 13.0. The fraction of sp³-hybridized carbons (Fsp3) is 0.733. The standard InChI is InChI=1S/C15H28N2O2/c1-12(2)10-17(6-7-18-5)11-14-8-15(9-16-4)19-13(14)3/h8,12,16H,6-7,9-11H2,1-5H3. The van der Waals surface area contributed by atoms with Crippen LogP contribution in [0.15, 0.2) is 10.5 Å². The Morgan fingerprint density at radius 1 is 1.42 bits per heavy atom. The van der Waals surface area contributed by atoms with Gasteiger partial charge in [0.05, 0.1) is 13.2 Å². The first-order chi connectivity index (χ1) is 9.06. The maximum atomic E-state index is 5.74. The second-order valence-electron chi connectivity index (χ2n) is 5.45. The van der Waals surface area contributed by atoms with Gasteiger partial charge in [0.15, 0.2) is 0 Å². The molecule has 0 unspecified atom stereocenters. The van der Waals surface area contributed by atoms with Gasteiger partial charge in [0, 0.05) is 32.3 Å². The molecule has 0 aromatic carbocycles. The summed E-state index contributed by atoms with van der Waals surface area (Å²) in [6, 6.07) is 2.16. The first kappa shape index (κ1) is 16.2. The van der Waals surface area contributed by atoms with E-state index in [-0.39, 0.29) is 0 Å². The van der Waals surface area contributed by atoms with Crippen LogP contribution in [0, 0.1) is 12.8 Å². The lowest BCUT2D eigenvalue weighted by Gasteiger charge is -2.23. The van der Waals surface area contributed by atoms with Crippen molar-refractivity contribution in [2.75, 3.05) is 33.9 Å². The summed E-state index contributed by atoms with van der Waals surface area (Å²) >= 11 is 0. The van der Waals surface area contributed by atoms with E-state index in [9.17, 15) is 0 Å². The monoisotopic (exact) mass is 268 g/mol. The van der Waals surface area contributed by atoms with Crippen LogP contribution in [0.4, 0.5) is 0 Å². The van der Waals surface area contributed by atoms with Crippen molar-refractivity contribution in [3.63, 3.8) is 0 Å². The Balaban J connectivity index is 2.65. The quantitative estimate of drug-likeness (QED) is 0.746. The molecule has 19 heavy (non-hydrogen) atoms. The van der Waals surface area contributed by atoms with Crippen LogP contribution in [-0.2, 0) is 17.8 Å². The van der Waals surface area contributed by atoms with Crippen molar-refractivity contribution in [1.82, 2.24) is 10.2 Å². The summed E-state index contributed by atoms with van der Waals surface area (Å²) in [5.41, 5.74) is 1.28. The third-order valence-electron chi connectivity index (χ3n) is 3.05. The second-order valence-corrected chi connectivity index (χ2v) is 5.45. The summed E-state index contributed by atoms with van der Waals surface area (Å²) in [5.74, 6) is 2.68. The summed E-state index contributed by atoms with van der Waals surface area (Å²) in [6.45, 7) is 11.0. The molecular weight excluding hydrogens is 240 g/mol. The maximum absolute atomic E-state index is 5.74. The van der Waals surface area contributed by atoms with Gasteiger partial charge in [-0.3, -0.25) is 4.90 Å². The van der Waals surface area contributed by atoms with E-state index in [1.807, 2.05) is 14.0 Å². The topological polar surface area (TPSA) is 37.6 Å². The molecule has 110 valence electrons. The van der Waals surface area contributed by atoms with Gasteiger partial charge < -0.3 is 14.5 Å². The molecule has 0 amide bonds. The van der Waals surface area contributed by atoms with E-state index in [0.717, 1.165) is 44.3 Å². The number of rotatable bonds is 9. The lowest BCUT2D eigenvalue weighted by molar-refractivity contribution is 0.135. The molecule has 0 aliphatic heterocycles. The Morgan fingerprint density at radius 2 is 2.16 bits per heavy atom. The highest BCUT2D eigenvalue weighted by Crippen LogP contribution is 2.17. The first-order valence-corrected chi connectivity index (χ1v) is 7.00. The van der Waals surface area contributed by atoms with Gasteiger partial charge >= 0.3 is 0 Å². The highest BCUT2D eigenvalue weighted by atomic mass is 16.5. The van der Waals surface area contributed by atoms with E-state index in [1.54, 1.807) is 7.11 Å². The Hall–Kier alpha value is -0.840. The third kappa shape index (κ3) is 5.76.